The molecule has 3 heterocycles. The Labute approximate surface area is 176 Å². The molecule has 3 rings (SSSR count). The molecule has 0 fully saturated rings. The van der Waals surface area contributed by atoms with Gasteiger partial charge in [0.2, 0.25) is 0 Å². The number of nitrogens with one attached hydrogen (secondary N) is 2. The molecule has 156 valence electrons. The first-order valence-corrected chi connectivity index (χ1v) is 10.8. The zero-order valence-electron chi connectivity index (χ0n) is 16.9. The predicted molar refractivity (Wildman–Crippen MR) is 113 cm³/mol. The lowest BCUT2D eigenvalue weighted by molar-refractivity contribution is -0.380. The van der Waals surface area contributed by atoms with Crippen molar-refractivity contribution < 1.29 is 19.2 Å². The summed E-state index contributed by atoms with van der Waals surface area (Å²) >= 11 is 2.13. The minimum absolute atomic E-state index is 0.113. The van der Waals surface area contributed by atoms with Crippen molar-refractivity contribution in [3.8, 4) is 0 Å². The second-order valence-corrected chi connectivity index (χ2v) is 10.1. The molecule has 0 radical (unpaired) electrons. The number of carbonyl (C=O) groups excluding carboxylic acids is 2. The molecule has 2 N–H and O–H groups in total. The lowest BCUT2D eigenvalue weighted by Crippen LogP contribution is -2.55. The van der Waals surface area contributed by atoms with E-state index in [1.807, 2.05) is 13.8 Å². The molecule has 1 aliphatic rings. The molecule has 10 heteroatoms. The van der Waals surface area contributed by atoms with Crippen molar-refractivity contribution in [3.05, 3.63) is 43.1 Å². The molecule has 0 aliphatic carbocycles. The second kappa shape index (κ2) is 7.51. The highest BCUT2D eigenvalue weighted by Gasteiger charge is 2.42. The number of amides is 1. The Morgan fingerprint density at radius 3 is 2.55 bits per heavy atom. The number of carbonyl (C=O) groups is 2. The molecule has 29 heavy (non-hydrogen) atoms. The summed E-state index contributed by atoms with van der Waals surface area (Å²) in [6, 6.07) is 2.70. The van der Waals surface area contributed by atoms with Crippen LogP contribution in [0.4, 0.5) is 10.0 Å². The van der Waals surface area contributed by atoms with Gasteiger partial charge in [-0.25, -0.2) is 4.79 Å². The van der Waals surface area contributed by atoms with E-state index in [1.165, 1.54) is 23.5 Å². The van der Waals surface area contributed by atoms with Crippen LogP contribution in [0.15, 0.2) is 12.1 Å². The Morgan fingerprint density at radius 2 is 1.97 bits per heavy atom. The standard InChI is InChI=1S/C19H23N3O5S2/c1-6-27-17(24)13-10-9-18(2,3)21-19(4,5)14(10)29-16(13)20-15(23)11-7-8-12(28-11)22(25)26/h7-8,21H,6,9H2,1-5H3,(H,20,23). The number of hydrogen-bond acceptors (Lipinski definition) is 8. The van der Waals surface area contributed by atoms with Gasteiger partial charge in [-0.15, -0.1) is 11.3 Å². The number of ether oxygens (including phenoxy) is 1. The van der Waals surface area contributed by atoms with Gasteiger partial charge in [0, 0.05) is 22.0 Å². The Balaban J connectivity index is 2.04. The number of hydrogen-bond donors (Lipinski definition) is 2. The van der Waals surface area contributed by atoms with Gasteiger partial charge in [0.1, 0.15) is 5.00 Å². The molecule has 8 nitrogen and oxygen atoms in total. The minimum Gasteiger partial charge on any atom is -0.462 e. The lowest BCUT2D eigenvalue weighted by atomic mass is 9.81. The van der Waals surface area contributed by atoms with Crippen LogP contribution in [0.25, 0.3) is 0 Å². The van der Waals surface area contributed by atoms with E-state index in [0.29, 0.717) is 17.0 Å². The van der Waals surface area contributed by atoms with Crippen LogP contribution < -0.4 is 10.6 Å². The van der Waals surface area contributed by atoms with Crippen LogP contribution in [0.1, 0.15) is 65.1 Å². The SMILES string of the molecule is CCOC(=O)c1c(NC(=O)c2ccc([N+](=O)[O-])s2)sc2c1CC(C)(C)NC2(C)C. The van der Waals surface area contributed by atoms with Gasteiger partial charge in [-0.1, -0.05) is 11.3 Å². The number of rotatable bonds is 5. The van der Waals surface area contributed by atoms with Crippen LogP contribution in [0.2, 0.25) is 0 Å². The Kier molecular flexibility index (Phi) is 5.54. The predicted octanol–water partition coefficient (Wildman–Crippen LogP) is 4.31. The molecule has 1 aliphatic heterocycles. The lowest BCUT2D eigenvalue weighted by Gasteiger charge is -2.42. The van der Waals surface area contributed by atoms with E-state index >= 15 is 0 Å². The number of nitro groups is 1. The van der Waals surface area contributed by atoms with Crippen molar-refractivity contribution in [3.63, 3.8) is 0 Å². The number of nitrogens with zero attached hydrogens (tertiary/aromatic N) is 1. The van der Waals surface area contributed by atoms with E-state index in [9.17, 15) is 19.7 Å². The van der Waals surface area contributed by atoms with E-state index in [0.717, 1.165) is 21.8 Å². The molecular weight excluding hydrogens is 414 g/mol. The Bertz CT molecular complexity index is 990. The molecule has 0 aromatic carbocycles. The van der Waals surface area contributed by atoms with Crippen LogP contribution in [-0.4, -0.2) is 28.9 Å². The molecular formula is C19H23N3O5S2. The first-order valence-electron chi connectivity index (χ1n) is 9.13. The molecule has 2 aromatic rings. The quantitative estimate of drug-likeness (QED) is 0.410. The molecule has 0 atom stereocenters. The second-order valence-electron chi connectivity index (χ2n) is 7.99. The van der Waals surface area contributed by atoms with Crippen molar-refractivity contribution in [1.29, 1.82) is 0 Å². The average Bonchev–Trinajstić information content (AvgIpc) is 3.18. The molecule has 0 bridgehead atoms. The minimum atomic E-state index is -0.536. The number of esters is 1. The summed E-state index contributed by atoms with van der Waals surface area (Å²) in [4.78, 5) is 37.0. The Morgan fingerprint density at radius 1 is 1.28 bits per heavy atom. The van der Waals surface area contributed by atoms with Crippen LogP contribution in [0.3, 0.4) is 0 Å². The summed E-state index contributed by atoms with van der Waals surface area (Å²) in [5, 5.41) is 17.5. The maximum Gasteiger partial charge on any atom is 0.341 e. The van der Waals surface area contributed by atoms with Gasteiger partial charge in [-0.2, -0.15) is 0 Å². The summed E-state index contributed by atoms with van der Waals surface area (Å²) in [5.41, 5.74) is 0.603. The molecule has 1 amide bonds. The van der Waals surface area contributed by atoms with Crippen molar-refractivity contribution in [1.82, 2.24) is 5.32 Å². The first kappa shape index (κ1) is 21.4. The summed E-state index contributed by atoms with van der Waals surface area (Å²) < 4.78 is 5.26. The van der Waals surface area contributed by atoms with Crippen molar-refractivity contribution >= 4 is 44.6 Å². The summed E-state index contributed by atoms with van der Waals surface area (Å²) in [6.45, 7) is 10.1. The van der Waals surface area contributed by atoms with Gasteiger partial charge in [-0.05, 0) is 52.7 Å². The van der Waals surface area contributed by atoms with Gasteiger partial charge >= 0.3 is 11.0 Å². The monoisotopic (exact) mass is 437 g/mol. The van der Waals surface area contributed by atoms with Crippen molar-refractivity contribution in [2.75, 3.05) is 11.9 Å². The summed E-state index contributed by atoms with van der Waals surface area (Å²) in [5.74, 6) is -0.969. The topological polar surface area (TPSA) is 111 Å². The highest BCUT2D eigenvalue weighted by atomic mass is 32.1. The van der Waals surface area contributed by atoms with Gasteiger partial charge in [0.05, 0.1) is 22.0 Å². The van der Waals surface area contributed by atoms with E-state index in [-0.39, 0.29) is 22.0 Å². The van der Waals surface area contributed by atoms with Crippen molar-refractivity contribution in [2.24, 2.45) is 0 Å². The van der Waals surface area contributed by atoms with Crippen LogP contribution >= 0.6 is 22.7 Å². The zero-order valence-corrected chi connectivity index (χ0v) is 18.5. The first-order chi connectivity index (χ1) is 13.4. The third-order valence-electron chi connectivity index (χ3n) is 4.55. The number of thiophene rings is 2. The van der Waals surface area contributed by atoms with Gasteiger partial charge < -0.3 is 15.4 Å². The smallest absolute Gasteiger partial charge is 0.341 e. The number of fused-ring (bicyclic) bond motifs is 1. The van der Waals surface area contributed by atoms with E-state index < -0.39 is 22.3 Å². The average molecular weight is 438 g/mol. The third kappa shape index (κ3) is 4.19. The molecule has 0 saturated carbocycles. The van der Waals surface area contributed by atoms with Crippen LogP contribution in [0.5, 0.6) is 0 Å². The highest BCUT2D eigenvalue weighted by Crippen LogP contribution is 2.45. The van der Waals surface area contributed by atoms with E-state index in [4.69, 9.17) is 4.74 Å². The molecule has 2 aromatic heterocycles. The van der Waals surface area contributed by atoms with E-state index in [2.05, 4.69) is 24.5 Å². The maximum atomic E-state index is 12.8. The molecule has 0 spiro atoms. The fourth-order valence-corrected chi connectivity index (χ4v) is 5.72. The maximum absolute atomic E-state index is 12.8. The largest absolute Gasteiger partial charge is 0.462 e. The summed E-state index contributed by atoms with van der Waals surface area (Å²) in [6.07, 6.45) is 0.608. The van der Waals surface area contributed by atoms with Gasteiger partial charge in [0.15, 0.2) is 0 Å². The highest BCUT2D eigenvalue weighted by molar-refractivity contribution is 7.18. The number of anilines is 1. The Hall–Kier alpha value is -2.30. The normalized spacial score (nSPS) is 16.7. The summed E-state index contributed by atoms with van der Waals surface area (Å²) in [7, 11) is 0. The van der Waals surface area contributed by atoms with Crippen molar-refractivity contribution in [2.45, 2.75) is 52.1 Å². The third-order valence-corrected chi connectivity index (χ3v) is 7.05. The van der Waals surface area contributed by atoms with Crippen LogP contribution in [-0.2, 0) is 16.7 Å². The molecule has 0 unspecified atom stereocenters. The van der Waals surface area contributed by atoms with Crippen LogP contribution in [0, 0.1) is 10.1 Å². The fraction of sp³-hybridized carbons (Fsp3) is 0.474. The van der Waals surface area contributed by atoms with Gasteiger partial charge in [-0.3, -0.25) is 14.9 Å². The molecule has 0 saturated heterocycles. The fourth-order valence-electron chi connectivity index (χ4n) is 3.75. The van der Waals surface area contributed by atoms with E-state index in [1.54, 1.807) is 6.92 Å². The van der Waals surface area contributed by atoms with Gasteiger partial charge in [0.25, 0.3) is 5.91 Å². The zero-order chi connectivity index (χ0) is 21.6.